The molecule has 0 aliphatic carbocycles. The number of methoxy groups -OCH3 is 1. The molecule has 0 unspecified atom stereocenters. The summed E-state index contributed by atoms with van der Waals surface area (Å²) in [5.74, 6) is 1.56. The van der Waals surface area contributed by atoms with Gasteiger partial charge in [-0.25, -0.2) is 0 Å². The van der Waals surface area contributed by atoms with Crippen LogP contribution in [0.1, 0.15) is 37.2 Å². The monoisotopic (exact) mass is 245 g/mol. The number of piperidine rings is 1. The second kappa shape index (κ2) is 4.63. The van der Waals surface area contributed by atoms with Crippen LogP contribution in [0.3, 0.4) is 0 Å². The van der Waals surface area contributed by atoms with Gasteiger partial charge in [-0.1, -0.05) is 12.1 Å². The van der Waals surface area contributed by atoms with E-state index in [1.54, 1.807) is 7.11 Å². The highest BCUT2D eigenvalue weighted by Crippen LogP contribution is 2.39. The van der Waals surface area contributed by atoms with Gasteiger partial charge in [0.15, 0.2) is 0 Å². The van der Waals surface area contributed by atoms with Crippen LogP contribution in [-0.4, -0.2) is 30.5 Å². The molecule has 0 aromatic heterocycles. The number of nitrogens with zero attached hydrogens (tertiary/aromatic N) is 1. The Hall–Kier alpha value is -1.51. The third kappa shape index (κ3) is 1.88. The van der Waals surface area contributed by atoms with Crippen LogP contribution in [0.5, 0.6) is 5.75 Å². The number of fused-ring (bicyclic) bond motifs is 1. The van der Waals surface area contributed by atoms with Gasteiger partial charge in [-0.3, -0.25) is 4.79 Å². The molecule has 2 heterocycles. The molecule has 1 aromatic rings. The number of carbonyl (C=O) groups excluding carboxylic acids is 1. The minimum atomic E-state index is 0.326. The highest BCUT2D eigenvalue weighted by Gasteiger charge is 2.41. The zero-order valence-electron chi connectivity index (χ0n) is 10.8. The van der Waals surface area contributed by atoms with Crippen molar-refractivity contribution >= 4 is 5.91 Å². The molecular formula is C15H19NO2. The fraction of sp³-hybridized carbons (Fsp3) is 0.533. The SMILES string of the molecule is COc1cccc([C@@H]2CC(=O)N3CCCC[C@H]23)c1. The molecule has 18 heavy (non-hydrogen) atoms. The summed E-state index contributed by atoms with van der Waals surface area (Å²) < 4.78 is 5.28. The minimum absolute atomic E-state index is 0.326. The third-order valence-corrected chi connectivity index (χ3v) is 4.25. The van der Waals surface area contributed by atoms with Crippen LogP contribution in [0.4, 0.5) is 0 Å². The van der Waals surface area contributed by atoms with E-state index in [4.69, 9.17) is 4.74 Å². The Morgan fingerprint density at radius 2 is 2.22 bits per heavy atom. The summed E-state index contributed by atoms with van der Waals surface area (Å²) in [5.41, 5.74) is 1.25. The van der Waals surface area contributed by atoms with E-state index in [1.165, 1.54) is 12.0 Å². The van der Waals surface area contributed by atoms with Crippen molar-refractivity contribution < 1.29 is 9.53 Å². The van der Waals surface area contributed by atoms with E-state index in [1.807, 2.05) is 12.1 Å². The first-order chi connectivity index (χ1) is 8.79. The molecule has 0 spiro atoms. The summed E-state index contributed by atoms with van der Waals surface area (Å²) in [6.45, 7) is 0.948. The summed E-state index contributed by atoms with van der Waals surface area (Å²) in [7, 11) is 1.69. The molecule has 0 bridgehead atoms. The molecule has 1 aromatic carbocycles. The number of amides is 1. The topological polar surface area (TPSA) is 29.5 Å². The number of rotatable bonds is 2. The molecular weight excluding hydrogens is 226 g/mol. The van der Waals surface area contributed by atoms with E-state index in [0.29, 0.717) is 24.3 Å². The predicted octanol–water partition coefficient (Wildman–Crippen LogP) is 2.56. The Kier molecular flexibility index (Phi) is 2.98. The highest BCUT2D eigenvalue weighted by atomic mass is 16.5. The summed E-state index contributed by atoms with van der Waals surface area (Å²) in [4.78, 5) is 14.1. The van der Waals surface area contributed by atoms with Crippen LogP contribution in [0, 0.1) is 0 Å². The third-order valence-electron chi connectivity index (χ3n) is 4.25. The molecule has 2 atom stereocenters. The lowest BCUT2D eigenvalue weighted by molar-refractivity contribution is -0.129. The zero-order chi connectivity index (χ0) is 12.5. The summed E-state index contributed by atoms with van der Waals surface area (Å²) >= 11 is 0. The van der Waals surface area contributed by atoms with E-state index in [0.717, 1.165) is 25.1 Å². The molecule has 2 saturated heterocycles. The fourth-order valence-electron chi connectivity index (χ4n) is 3.34. The summed E-state index contributed by atoms with van der Waals surface area (Å²) in [6, 6.07) is 8.59. The standard InChI is InChI=1S/C15H19NO2/c1-18-12-6-4-5-11(9-12)13-10-15(17)16-8-3-2-7-14(13)16/h4-6,9,13-14H,2-3,7-8,10H2,1H3/t13-,14+/m0/s1. The molecule has 0 radical (unpaired) electrons. The van der Waals surface area contributed by atoms with Gasteiger partial charge in [0, 0.05) is 24.9 Å². The van der Waals surface area contributed by atoms with E-state index in [9.17, 15) is 4.79 Å². The van der Waals surface area contributed by atoms with Crippen molar-refractivity contribution in [1.29, 1.82) is 0 Å². The van der Waals surface area contributed by atoms with Gasteiger partial charge in [-0.2, -0.15) is 0 Å². The maximum absolute atomic E-state index is 12.0. The molecule has 96 valence electrons. The first kappa shape index (κ1) is 11.6. The van der Waals surface area contributed by atoms with Crippen LogP contribution in [0.2, 0.25) is 0 Å². The Morgan fingerprint density at radius 3 is 3.06 bits per heavy atom. The molecule has 2 aliphatic heterocycles. The quantitative estimate of drug-likeness (QED) is 0.801. The van der Waals surface area contributed by atoms with Crippen molar-refractivity contribution in [3.63, 3.8) is 0 Å². The van der Waals surface area contributed by atoms with E-state index in [-0.39, 0.29) is 0 Å². The normalized spacial score (nSPS) is 27.2. The molecule has 2 fully saturated rings. The van der Waals surface area contributed by atoms with Crippen LogP contribution in [0.15, 0.2) is 24.3 Å². The van der Waals surface area contributed by atoms with Gasteiger partial charge >= 0.3 is 0 Å². The second-order valence-electron chi connectivity index (χ2n) is 5.24. The zero-order valence-corrected chi connectivity index (χ0v) is 10.8. The first-order valence-corrected chi connectivity index (χ1v) is 6.73. The highest BCUT2D eigenvalue weighted by molar-refractivity contribution is 5.80. The number of benzene rings is 1. The maximum Gasteiger partial charge on any atom is 0.223 e. The van der Waals surface area contributed by atoms with Crippen molar-refractivity contribution in [2.75, 3.05) is 13.7 Å². The summed E-state index contributed by atoms with van der Waals surface area (Å²) in [6.07, 6.45) is 4.22. The van der Waals surface area contributed by atoms with Gasteiger partial charge in [-0.05, 0) is 37.0 Å². The summed E-state index contributed by atoms with van der Waals surface area (Å²) in [5, 5.41) is 0. The Balaban J connectivity index is 1.89. The van der Waals surface area contributed by atoms with Crippen molar-refractivity contribution in [1.82, 2.24) is 4.90 Å². The molecule has 1 amide bonds. The van der Waals surface area contributed by atoms with Crippen molar-refractivity contribution in [3.8, 4) is 5.75 Å². The Bertz CT molecular complexity index is 458. The van der Waals surface area contributed by atoms with Crippen molar-refractivity contribution in [2.24, 2.45) is 0 Å². The van der Waals surface area contributed by atoms with Gasteiger partial charge in [-0.15, -0.1) is 0 Å². The van der Waals surface area contributed by atoms with E-state index >= 15 is 0 Å². The van der Waals surface area contributed by atoms with Crippen LogP contribution in [0.25, 0.3) is 0 Å². The van der Waals surface area contributed by atoms with Crippen LogP contribution in [-0.2, 0) is 4.79 Å². The maximum atomic E-state index is 12.0. The molecule has 3 nitrogen and oxygen atoms in total. The molecule has 0 saturated carbocycles. The first-order valence-electron chi connectivity index (χ1n) is 6.73. The van der Waals surface area contributed by atoms with E-state index in [2.05, 4.69) is 17.0 Å². The second-order valence-corrected chi connectivity index (χ2v) is 5.24. The Labute approximate surface area is 108 Å². The van der Waals surface area contributed by atoms with Gasteiger partial charge < -0.3 is 9.64 Å². The molecule has 0 N–H and O–H groups in total. The predicted molar refractivity (Wildman–Crippen MR) is 69.7 cm³/mol. The number of hydrogen-bond acceptors (Lipinski definition) is 2. The minimum Gasteiger partial charge on any atom is -0.497 e. The van der Waals surface area contributed by atoms with Gasteiger partial charge in [0.05, 0.1) is 7.11 Å². The van der Waals surface area contributed by atoms with Gasteiger partial charge in [0.25, 0.3) is 0 Å². The van der Waals surface area contributed by atoms with Crippen molar-refractivity contribution in [3.05, 3.63) is 29.8 Å². The smallest absolute Gasteiger partial charge is 0.223 e. The van der Waals surface area contributed by atoms with Crippen LogP contribution < -0.4 is 4.74 Å². The number of carbonyl (C=O) groups is 1. The van der Waals surface area contributed by atoms with Crippen LogP contribution >= 0.6 is 0 Å². The average molecular weight is 245 g/mol. The molecule has 2 aliphatic rings. The molecule has 3 rings (SSSR count). The largest absolute Gasteiger partial charge is 0.497 e. The van der Waals surface area contributed by atoms with Crippen molar-refractivity contribution in [2.45, 2.75) is 37.6 Å². The lowest BCUT2D eigenvalue weighted by Crippen LogP contribution is -2.38. The lowest BCUT2D eigenvalue weighted by Gasteiger charge is -2.32. The number of hydrogen-bond donors (Lipinski definition) is 0. The van der Waals surface area contributed by atoms with E-state index < -0.39 is 0 Å². The fourth-order valence-corrected chi connectivity index (χ4v) is 3.34. The van der Waals surface area contributed by atoms with Gasteiger partial charge in [0.1, 0.15) is 5.75 Å². The average Bonchev–Trinajstić information content (AvgIpc) is 2.77. The number of ether oxygens (including phenoxy) is 1. The lowest BCUT2D eigenvalue weighted by atomic mass is 9.87. The molecule has 3 heteroatoms. The Morgan fingerprint density at radius 1 is 1.33 bits per heavy atom. The van der Waals surface area contributed by atoms with Gasteiger partial charge in [0.2, 0.25) is 5.91 Å².